The van der Waals surface area contributed by atoms with Crippen molar-refractivity contribution in [3.05, 3.63) is 57.6 Å². The minimum Gasteiger partial charge on any atom is -0.315 e. The number of anilines is 2. The molecule has 23 heavy (non-hydrogen) atoms. The van der Waals surface area contributed by atoms with E-state index >= 15 is 0 Å². The first-order valence-corrected chi connectivity index (χ1v) is 9.15. The van der Waals surface area contributed by atoms with Crippen molar-refractivity contribution in [2.75, 3.05) is 5.32 Å². The molecule has 0 amide bonds. The molecule has 0 bridgehead atoms. The highest BCUT2D eigenvalue weighted by Gasteiger charge is 2.10. The van der Waals surface area contributed by atoms with Crippen molar-refractivity contribution in [2.45, 2.75) is 16.7 Å². The Labute approximate surface area is 150 Å². The van der Waals surface area contributed by atoms with Crippen LogP contribution in [-0.4, -0.2) is 9.97 Å². The molecule has 3 rings (SSSR count). The van der Waals surface area contributed by atoms with Crippen molar-refractivity contribution in [2.24, 2.45) is 0 Å². The van der Waals surface area contributed by atoms with Gasteiger partial charge in [0.05, 0.1) is 22.2 Å². The van der Waals surface area contributed by atoms with E-state index in [2.05, 4.69) is 37.3 Å². The third-order valence-corrected chi connectivity index (χ3v) is 5.18. The summed E-state index contributed by atoms with van der Waals surface area (Å²) in [5, 5.41) is 15.1. The zero-order chi connectivity index (χ0) is 16.2. The summed E-state index contributed by atoms with van der Waals surface area (Å²) in [7, 11) is 0. The van der Waals surface area contributed by atoms with Gasteiger partial charge in [0.1, 0.15) is 5.82 Å². The molecule has 2 aromatic heterocycles. The molecule has 0 aliphatic carbocycles. The number of nitrogens with one attached hydrogen (secondary N) is 1. The van der Waals surface area contributed by atoms with Crippen LogP contribution in [0.1, 0.15) is 11.3 Å². The number of hydrogen-bond acceptors (Lipinski definition) is 6. The molecule has 7 heteroatoms. The number of aromatic nitrogens is 2. The fraction of sp³-hybridized carbons (Fsp3) is 0.0625. The maximum Gasteiger partial charge on any atom is 0.188 e. The number of pyridine rings is 1. The average molecular weight is 403 g/mol. The summed E-state index contributed by atoms with van der Waals surface area (Å²) < 4.78 is 0.900. The van der Waals surface area contributed by atoms with Gasteiger partial charge < -0.3 is 5.32 Å². The van der Waals surface area contributed by atoms with Crippen LogP contribution in [0.5, 0.6) is 0 Å². The van der Waals surface area contributed by atoms with Crippen molar-refractivity contribution < 1.29 is 0 Å². The van der Waals surface area contributed by atoms with E-state index in [0.29, 0.717) is 5.56 Å². The molecule has 0 unspecified atom stereocenters. The average Bonchev–Trinajstić information content (AvgIpc) is 2.95. The maximum absolute atomic E-state index is 9.03. The van der Waals surface area contributed by atoms with Gasteiger partial charge >= 0.3 is 0 Å². The summed E-state index contributed by atoms with van der Waals surface area (Å²) in [4.78, 5) is 10.8. The Balaban J connectivity index is 1.91. The van der Waals surface area contributed by atoms with E-state index in [9.17, 15) is 0 Å². The number of aryl methyl sites for hydroxylation is 1. The number of nitriles is 1. The number of rotatable bonds is 4. The van der Waals surface area contributed by atoms with Gasteiger partial charge in [-0.3, -0.25) is 0 Å². The van der Waals surface area contributed by atoms with Gasteiger partial charge in [0.15, 0.2) is 5.13 Å². The topological polar surface area (TPSA) is 61.6 Å². The van der Waals surface area contributed by atoms with Crippen LogP contribution in [-0.2, 0) is 0 Å². The second-order valence-corrected chi connectivity index (χ2v) is 7.55. The van der Waals surface area contributed by atoms with Crippen LogP contribution in [0.25, 0.3) is 0 Å². The fourth-order valence-corrected chi connectivity index (χ4v) is 4.00. The van der Waals surface area contributed by atoms with Gasteiger partial charge in [0, 0.05) is 20.9 Å². The monoisotopic (exact) mass is 402 g/mol. The largest absolute Gasteiger partial charge is 0.315 e. The van der Waals surface area contributed by atoms with Gasteiger partial charge in [0.25, 0.3) is 0 Å². The van der Waals surface area contributed by atoms with Crippen molar-refractivity contribution in [1.29, 1.82) is 5.26 Å². The first-order valence-electron chi connectivity index (χ1n) is 6.67. The van der Waals surface area contributed by atoms with Gasteiger partial charge in [-0.25, -0.2) is 9.97 Å². The first kappa shape index (κ1) is 16.0. The Morgan fingerprint density at radius 2 is 2.22 bits per heavy atom. The van der Waals surface area contributed by atoms with E-state index in [1.807, 2.05) is 36.6 Å². The van der Waals surface area contributed by atoms with Gasteiger partial charge in [-0.05, 0) is 47.1 Å². The molecule has 1 aromatic carbocycles. The maximum atomic E-state index is 9.03. The number of benzene rings is 1. The van der Waals surface area contributed by atoms with E-state index in [0.717, 1.165) is 30.9 Å². The molecule has 2 heterocycles. The predicted molar refractivity (Wildman–Crippen MR) is 97.4 cm³/mol. The normalized spacial score (nSPS) is 10.3. The Morgan fingerprint density at radius 1 is 1.35 bits per heavy atom. The van der Waals surface area contributed by atoms with E-state index in [1.165, 1.54) is 0 Å². The van der Waals surface area contributed by atoms with Crippen LogP contribution in [0.15, 0.2) is 56.2 Å². The second-order valence-electron chi connectivity index (χ2n) is 4.66. The van der Waals surface area contributed by atoms with E-state index in [4.69, 9.17) is 5.26 Å². The zero-order valence-electron chi connectivity index (χ0n) is 12.1. The summed E-state index contributed by atoms with van der Waals surface area (Å²) in [5.74, 6) is 0.745. The van der Waals surface area contributed by atoms with E-state index < -0.39 is 0 Å². The lowest BCUT2D eigenvalue weighted by molar-refractivity contribution is 1.19. The standard InChI is InChI=1S/C16H11BrN4S2/c1-10-9-22-16(20-10)21-15-14(6-12(17)8-19-15)23-13-4-2-3-11(5-13)7-18/h2-6,8-9H,1H3,(H,19,20,21). The summed E-state index contributed by atoms with van der Waals surface area (Å²) in [6, 6.07) is 11.7. The Hall–Kier alpha value is -1.88. The molecule has 0 saturated heterocycles. The molecule has 0 radical (unpaired) electrons. The molecule has 0 aliphatic heterocycles. The lowest BCUT2D eigenvalue weighted by Crippen LogP contribution is -1.95. The summed E-state index contributed by atoms with van der Waals surface area (Å²) in [6.45, 7) is 1.96. The van der Waals surface area contributed by atoms with Crippen LogP contribution in [0, 0.1) is 18.3 Å². The van der Waals surface area contributed by atoms with Gasteiger partial charge in [-0.2, -0.15) is 5.26 Å². The predicted octanol–water partition coefficient (Wildman–Crippen LogP) is 5.38. The van der Waals surface area contributed by atoms with Crippen LogP contribution in [0.3, 0.4) is 0 Å². The minimum atomic E-state index is 0.642. The summed E-state index contributed by atoms with van der Waals surface area (Å²) >= 11 is 6.56. The molecular formula is C16H11BrN4S2. The number of thiazole rings is 1. The van der Waals surface area contributed by atoms with Gasteiger partial charge in [-0.15, -0.1) is 11.3 Å². The molecule has 0 aliphatic rings. The SMILES string of the molecule is Cc1csc(Nc2ncc(Br)cc2Sc2cccc(C#N)c2)n1. The lowest BCUT2D eigenvalue weighted by atomic mass is 10.2. The van der Waals surface area contributed by atoms with E-state index in [1.54, 1.807) is 35.4 Å². The van der Waals surface area contributed by atoms with Crippen LogP contribution < -0.4 is 5.32 Å². The van der Waals surface area contributed by atoms with Crippen molar-refractivity contribution in [1.82, 2.24) is 9.97 Å². The molecule has 0 saturated carbocycles. The lowest BCUT2D eigenvalue weighted by Gasteiger charge is -2.09. The molecule has 3 aromatic rings. The summed E-state index contributed by atoms with van der Waals surface area (Å²) in [5.41, 5.74) is 1.62. The highest BCUT2D eigenvalue weighted by atomic mass is 79.9. The highest BCUT2D eigenvalue weighted by Crippen LogP contribution is 2.36. The second kappa shape index (κ2) is 7.13. The number of nitrogens with zero attached hydrogens (tertiary/aromatic N) is 3. The first-order chi connectivity index (χ1) is 11.1. The Kier molecular flexibility index (Phi) is 4.96. The Morgan fingerprint density at radius 3 is 2.96 bits per heavy atom. The molecule has 4 nitrogen and oxygen atoms in total. The number of hydrogen-bond donors (Lipinski definition) is 1. The van der Waals surface area contributed by atoms with Crippen molar-refractivity contribution in [3.8, 4) is 6.07 Å². The molecule has 114 valence electrons. The highest BCUT2D eigenvalue weighted by molar-refractivity contribution is 9.10. The number of halogens is 1. The molecule has 0 spiro atoms. The summed E-state index contributed by atoms with van der Waals surface area (Å²) in [6.07, 6.45) is 1.75. The van der Waals surface area contributed by atoms with Crippen molar-refractivity contribution in [3.63, 3.8) is 0 Å². The third kappa shape index (κ3) is 4.10. The smallest absolute Gasteiger partial charge is 0.188 e. The fourth-order valence-electron chi connectivity index (χ4n) is 1.86. The van der Waals surface area contributed by atoms with Crippen LogP contribution in [0.2, 0.25) is 0 Å². The molecule has 1 N–H and O–H groups in total. The van der Waals surface area contributed by atoms with Crippen LogP contribution >= 0.6 is 39.0 Å². The third-order valence-electron chi connectivity index (χ3n) is 2.85. The van der Waals surface area contributed by atoms with Gasteiger partial charge in [-0.1, -0.05) is 17.8 Å². The molecular weight excluding hydrogens is 392 g/mol. The zero-order valence-corrected chi connectivity index (χ0v) is 15.3. The molecule has 0 atom stereocenters. The van der Waals surface area contributed by atoms with Crippen molar-refractivity contribution >= 4 is 50.0 Å². The quantitative estimate of drug-likeness (QED) is 0.634. The van der Waals surface area contributed by atoms with E-state index in [-0.39, 0.29) is 0 Å². The Bertz CT molecular complexity index is 886. The van der Waals surface area contributed by atoms with Crippen LogP contribution in [0.4, 0.5) is 10.9 Å². The van der Waals surface area contributed by atoms with Gasteiger partial charge in [0.2, 0.25) is 0 Å². The minimum absolute atomic E-state index is 0.642. The molecule has 0 fully saturated rings.